The van der Waals surface area contributed by atoms with Crippen molar-refractivity contribution >= 4 is 27.3 Å². The van der Waals surface area contributed by atoms with Crippen molar-refractivity contribution in [2.24, 2.45) is 11.8 Å². The Morgan fingerprint density at radius 3 is 2.59 bits per heavy atom. The predicted molar refractivity (Wildman–Crippen MR) is 66.8 cm³/mol. The average Bonchev–Trinajstić information content (AvgIpc) is 2.62. The lowest BCUT2D eigenvalue weighted by molar-refractivity contribution is -0.136. The van der Waals surface area contributed by atoms with Gasteiger partial charge in [0.05, 0.1) is 17.4 Å². The second-order valence-corrected chi connectivity index (χ2v) is 7.96. The Balaban J connectivity index is 1.97. The molecule has 3 unspecified atom stereocenters. The number of rotatable bonds is 1. The molecule has 1 amide bonds. The van der Waals surface area contributed by atoms with Crippen molar-refractivity contribution in [2.45, 2.75) is 25.1 Å². The van der Waals surface area contributed by atoms with E-state index in [0.717, 1.165) is 6.42 Å². The molecule has 0 aromatic heterocycles. The fraction of sp³-hybridized carbons (Fsp3) is 0.909. The number of alkyl halides is 1. The Kier molecular flexibility index (Phi) is 3.69. The van der Waals surface area contributed by atoms with E-state index in [1.165, 1.54) is 0 Å². The van der Waals surface area contributed by atoms with Crippen molar-refractivity contribution in [3.05, 3.63) is 0 Å². The number of sulfone groups is 1. The number of carbonyl (C=O) groups is 1. The Bertz CT molecular complexity index is 409. The van der Waals surface area contributed by atoms with Crippen molar-refractivity contribution in [3.8, 4) is 0 Å². The third-order valence-corrected chi connectivity index (χ3v) is 6.11. The summed E-state index contributed by atoms with van der Waals surface area (Å²) < 4.78 is 22.7. The standard InChI is InChI=1S/C11H18ClNO3S/c1-8-6-13(4-2-10(8)12)11(14)9-3-5-17(15,16)7-9/h8-10H,2-7H2,1H3. The first-order valence-electron chi connectivity index (χ1n) is 6.02. The fourth-order valence-corrected chi connectivity index (χ4v) is 4.47. The fourth-order valence-electron chi connectivity index (χ4n) is 2.57. The lowest BCUT2D eigenvalue weighted by Gasteiger charge is -2.35. The van der Waals surface area contributed by atoms with Crippen LogP contribution < -0.4 is 0 Å². The van der Waals surface area contributed by atoms with Gasteiger partial charge in [-0.15, -0.1) is 11.6 Å². The van der Waals surface area contributed by atoms with E-state index in [0.29, 0.717) is 19.5 Å². The van der Waals surface area contributed by atoms with Crippen molar-refractivity contribution in [3.63, 3.8) is 0 Å². The summed E-state index contributed by atoms with van der Waals surface area (Å²) in [4.78, 5) is 13.9. The van der Waals surface area contributed by atoms with Gasteiger partial charge in [-0.1, -0.05) is 6.92 Å². The second-order valence-electron chi connectivity index (χ2n) is 5.17. The number of piperidine rings is 1. The van der Waals surface area contributed by atoms with Crippen LogP contribution in [0.15, 0.2) is 0 Å². The molecule has 0 aliphatic carbocycles. The minimum Gasteiger partial charge on any atom is -0.342 e. The second kappa shape index (κ2) is 4.76. The number of hydrogen-bond acceptors (Lipinski definition) is 3. The van der Waals surface area contributed by atoms with Crippen molar-refractivity contribution in [1.29, 1.82) is 0 Å². The van der Waals surface area contributed by atoms with Crippen molar-refractivity contribution in [2.75, 3.05) is 24.6 Å². The van der Waals surface area contributed by atoms with E-state index in [4.69, 9.17) is 11.6 Å². The van der Waals surface area contributed by atoms with Crippen molar-refractivity contribution in [1.82, 2.24) is 4.90 Å². The van der Waals surface area contributed by atoms with Crippen LogP contribution in [0.5, 0.6) is 0 Å². The number of halogens is 1. The minimum atomic E-state index is -2.98. The Hall–Kier alpha value is -0.290. The van der Waals surface area contributed by atoms with Crippen LogP contribution in [0.4, 0.5) is 0 Å². The molecule has 2 aliphatic heterocycles. The number of amides is 1. The first-order chi connectivity index (χ1) is 7.89. The van der Waals surface area contributed by atoms with Gasteiger partial charge in [-0.2, -0.15) is 0 Å². The molecule has 0 N–H and O–H groups in total. The summed E-state index contributed by atoms with van der Waals surface area (Å²) in [7, 11) is -2.98. The number of carbonyl (C=O) groups excluding carboxylic acids is 1. The molecule has 98 valence electrons. The molecular formula is C11H18ClNO3S. The zero-order valence-electron chi connectivity index (χ0n) is 9.93. The van der Waals surface area contributed by atoms with Crippen LogP contribution in [-0.2, 0) is 14.6 Å². The normalized spacial score (nSPS) is 37.1. The summed E-state index contributed by atoms with van der Waals surface area (Å²) in [5.41, 5.74) is 0. The highest BCUT2D eigenvalue weighted by molar-refractivity contribution is 7.91. The zero-order chi connectivity index (χ0) is 12.6. The number of nitrogens with zero attached hydrogens (tertiary/aromatic N) is 1. The number of likely N-dealkylation sites (tertiary alicyclic amines) is 1. The summed E-state index contributed by atoms with van der Waals surface area (Å²) in [5.74, 6) is 0.152. The Morgan fingerprint density at radius 2 is 2.06 bits per heavy atom. The Labute approximate surface area is 107 Å². The minimum absolute atomic E-state index is 0.00138. The summed E-state index contributed by atoms with van der Waals surface area (Å²) in [6.45, 7) is 3.35. The molecule has 2 heterocycles. The smallest absolute Gasteiger partial charge is 0.226 e. The van der Waals surface area contributed by atoms with E-state index < -0.39 is 9.84 Å². The molecule has 0 bridgehead atoms. The largest absolute Gasteiger partial charge is 0.342 e. The van der Waals surface area contributed by atoms with E-state index in [1.54, 1.807) is 4.90 Å². The molecular weight excluding hydrogens is 262 g/mol. The lowest BCUT2D eigenvalue weighted by Crippen LogP contribution is -2.46. The molecule has 0 aromatic rings. The van der Waals surface area contributed by atoms with Gasteiger partial charge in [0, 0.05) is 18.5 Å². The maximum Gasteiger partial charge on any atom is 0.226 e. The van der Waals surface area contributed by atoms with E-state index in [-0.39, 0.29) is 34.6 Å². The van der Waals surface area contributed by atoms with Gasteiger partial charge in [0.2, 0.25) is 5.91 Å². The summed E-state index contributed by atoms with van der Waals surface area (Å²) >= 11 is 6.11. The van der Waals surface area contributed by atoms with Gasteiger partial charge in [-0.25, -0.2) is 8.42 Å². The molecule has 17 heavy (non-hydrogen) atoms. The van der Waals surface area contributed by atoms with Gasteiger partial charge < -0.3 is 4.90 Å². The molecule has 2 fully saturated rings. The van der Waals surface area contributed by atoms with Gasteiger partial charge in [0.1, 0.15) is 0 Å². The van der Waals surface area contributed by atoms with Crippen LogP contribution in [0.3, 0.4) is 0 Å². The van der Waals surface area contributed by atoms with Crippen LogP contribution in [0.2, 0.25) is 0 Å². The molecule has 2 saturated heterocycles. The molecule has 0 aromatic carbocycles. The zero-order valence-corrected chi connectivity index (χ0v) is 11.5. The summed E-state index contributed by atoms with van der Waals surface area (Å²) in [5, 5.41) is 0.131. The number of hydrogen-bond donors (Lipinski definition) is 0. The molecule has 2 rings (SSSR count). The molecule has 3 atom stereocenters. The van der Waals surface area contributed by atoms with Crippen LogP contribution in [0, 0.1) is 11.8 Å². The first kappa shape index (κ1) is 13.1. The van der Waals surface area contributed by atoms with Gasteiger partial charge in [0.15, 0.2) is 9.84 Å². The molecule has 0 radical (unpaired) electrons. The highest BCUT2D eigenvalue weighted by Crippen LogP contribution is 2.26. The highest BCUT2D eigenvalue weighted by Gasteiger charge is 2.37. The maximum atomic E-state index is 12.2. The van der Waals surface area contributed by atoms with Crippen LogP contribution >= 0.6 is 11.6 Å². The molecule has 4 nitrogen and oxygen atoms in total. The first-order valence-corrected chi connectivity index (χ1v) is 8.28. The van der Waals surface area contributed by atoms with Crippen LogP contribution in [-0.4, -0.2) is 49.2 Å². The van der Waals surface area contributed by atoms with E-state index >= 15 is 0 Å². The molecule has 6 heteroatoms. The summed E-state index contributed by atoms with van der Waals surface area (Å²) in [6, 6.07) is 0. The Morgan fingerprint density at radius 1 is 1.35 bits per heavy atom. The third kappa shape index (κ3) is 2.94. The monoisotopic (exact) mass is 279 g/mol. The van der Waals surface area contributed by atoms with E-state index in [2.05, 4.69) is 0 Å². The topological polar surface area (TPSA) is 54.5 Å². The van der Waals surface area contributed by atoms with Crippen LogP contribution in [0.25, 0.3) is 0 Å². The lowest BCUT2D eigenvalue weighted by atomic mass is 9.97. The van der Waals surface area contributed by atoms with E-state index in [9.17, 15) is 13.2 Å². The van der Waals surface area contributed by atoms with Gasteiger partial charge in [0.25, 0.3) is 0 Å². The average molecular weight is 280 g/mol. The molecule has 0 saturated carbocycles. The molecule has 0 spiro atoms. The highest BCUT2D eigenvalue weighted by atomic mass is 35.5. The SMILES string of the molecule is CC1CN(C(=O)C2CCS(=O)(=O)C2)CCC1Cl. The third-order valence-electron chi connectivity index (χ3n) is 3.69. The quantitative estimate of drug-likeness (QED) is 0.670. The van der Waals surface area contributed by atoms with Gasteiger partial charge in [-0.3, -0.25) is 4.79 Å². The van der Waals surface area contributed by atoms with Crippen molar-refractivity contribution < 1.29 is 13.2 Å². The predicted octanol–water partition coefficient (Wildman–Crippen LogP) is 0.897. The van der Waals surface area contributed by atoms with E-state index in [1.807, 2.05) is 6.92 Å². The summed E-state index contributed by atoms with van der Waals surface area (Å²) in [6.07, 6.45) is 1.28. The molecule has 2 aliphatic rings. The van der Waals surface area contributed by atoms with Crippen LogP contribution in [0.1, 0.15) is 19.8 Å². The maximum absolute atomic E-state index is 12.2. The van der Waals surface area contributed by atoms with Gasteiger partial charge >= 0.3 is 0 Å². The van der Waals surface area contributed by atoms with Gasteiger partial charge in [-0.05, 0) is 18.8 Å².